The van der Waals surface area contributed by atoms with Gasteiger partial charge in [0.25, 0.3) is 0 Å². The van der Waals surface area contributed by atoms with E-state index in [0.717, 1.165) is 17.7 Å². The van der Waals surface area contributed by atoms with Gasteiger partial charge in [-0.25, -0.2) is 13.8 Å². The van der Waals surface area contributed by atoms with Gasteiger partial charge in [0.1, 0.15) is 6.54 Å². The molecule has 3 aromatic rings. The molecule has 24 heavy (non-hydrogen) atoms. The number of nitrogens with one attached hydrogen (secondary N) is 1. The topological polar surface area (TPSA) is 46.9 Å². The first-order valence-electron chi connectivity index (χ1n) is 7.34. The summed E-state index contributed by atoms with van der Waals surface area (Å²) in [6.07, 6.45) is 2.07. The zero-order valence-corrected chi connectivity index (χ0v) is 13.4. The second kappa shape index (κ2) is 6.97. The number of carbonyl (C=O) groups excluding carboxylic acids is 1. The van der Waals surface area contributed by atoms with Crippen LogP contribution in [0.25, 0.3) is 11.0 Å². The number of halogens is 3. The van der Waals surface area contributed by atoms with Crippen LogP contribution in [0.15, 0.2) is 42.7 Å². The number of imidazole rings is 1. The zero-order chi connectivity index (χ0) is 17.1. The molecular formula is C17H14ClF2N3O. The highest BCUT2D eigenvalue weighted by atomic mass is 35.5. The third kappa shape index (κ3) is 3.71. The van der Waals surface area contributed by atoms with Crippen LogP contribution in [0.1, 0.15) is 5.56 Å². The number of hydrogen-bond donors (Lipinski definition) is 1. The van der Waals surface area contributed by atoms with E-state index in [1.54, 1.807) is 12.1 Å². The summed E-state index contributed by atoms with van der Waals surface area (Å²) in [6.45, 7) is 0.457. The molecular weight excluding hydrogens is 336 g/mol. The number of hydrogen-bond acceptors (Lipinski definition) is 2. The molecule has 0 bridgehead atoms. The van der Waals surface area contributed by atoms with Crippen molar-refractivity contribution in [3.63, 3.8) is 0 Å². The van der Waals surface area contributed by atoms with E-state index >= 15 is 0 Å². The predicted octanol–water partition coefficient (Wildman–Crippen LogP) is 3.33. The third-order valence-corrected chi connectivity index (χ3v) is 3.88. The Labute approximate surface area is 142 Å². The van der Waals surface area contributed by atoms with E-state index in [1.807, 2.05) is 12.1 Å². The van der Waals surface area contributed by atoms with Gasteiger partial charge < -0.3 is 9.88 Å². The summed E-state index contributed by atoms with van der Waals surface area (Å²) in [7, 11) is 0. The molecule has 0 fully saturated rings. The first-order valence-corrected chi connectivity index (χ1v) is 7.72. The number of aromatic nitrogens is 2. The van der Waals surface area contributed by atoms with Crippen LogP contribution < -0.4 is 5.32 Å². The van der Waals surface area contributed by atoms with Crippen LogP contribution >= 0.6 is 11.6 Å². The molecule has 4 nitrogen and oxygen atoms in total. The molecule has 0 saturated heterocycles. The van der Waals surface area contributed by atoms with E-state index in [0.29, 0.717) is 29.0 Å². The van der Waals surface area contributed by atoms with E-state index in [-0.39, 0.29) is 12.5 Å². The molecule has 0 unspecified atom stereocenters. The summed E-state index contributed by atoms with van der Waals surface area (Å²) in [5.41, 5.74) is 1.75. The minimum absolute atomic E-state index is 0.0117. The maximum Gasteiger partial charge on any atom is 0.240 e. The molecule has 3 rings (SSSR count). The highest BCUT2D eigenvalue weighted by Gasteiger charge is 2.11. The zero-order valence-electron chi connectivity index (χ0n) is 12.6. The maximum absolute atomic E-state index is 13.3. The molecule has 0 spiro atoms. The molecule has 1 aromatic heterocycles. The Balaban J connectivity index is 1.59. The minimum atomic E-state index is -0.965. The number of benzene rings is 2. The van der Waals surface area contributed by atoms with Gasteiger partial charge in [-0.2, -0.15) is 0 Å². The van der Waals surface area contributed by atoms with Crippen LogP contribution in [-0.2, 0) is 17.8 Å². The van der Waals surface area contributed by atoms with Gasteiger partial charge >= 0.3 is 0 Å². The Morgan fingerprint density at radius 3 is 2.62 bits per heavy atom. The van der Waals surface area contributed by atoms with E-state index in [2.05, 4.69) is 10.3 Å². The van der Waals surface area contributed by atoms with Crippen LogP contribution in [-0.4, -0.2) is 22.0 Å². The summed E-state index contributed by atoms with van der Waals surface area (Å²) in [5, 5.41) is 3.45. The highest BCUT2D eigenvalue weighted by Crippen LogP contribution is 2.17. The lowest BCUT2D eigenvalue weighted by atomic mass is 10.1. The molecule has 0 radical (unpaired) electrons. The summed E-state index contributed by atoms with van der Waals surface area (Å²) >= 11 is 5.82. The molecule has 0 atom stereocenters. The number of carbonyl (C=O) groups is 1. The smallest absolute Gasteiger partial charge is 0.240 e. The fourth-order valence-corrected chi connectivity index (χ4v) is 2.51. The van der Waals surface area contributed by atoms with Crippen molar-refractivity contribution in [3.05, 3.63) is 64.9 Å². The number of fused-ring (bicyclic) bond motifs is 1. The summed E-state index contributed by atoms with van der Waals surface area (Å²) in [6, 6.07) is 9.44. The van der Waals surface area contributed by atoms with Gasteiger partial charge in [-0.15, -0.1) is 0 Å². The lowest BCUT2D eigenvalue weighted by Crippen LogP contribution is -2.29. The van der Waals surface area contributed by atoms with Crippen LogP contribution in [0.5, 0.6) is 0 Å². The standard InChI is InChI=1S/C17H14ClF2N3O/c18-12-3-1-11(2-4-12)5-6-21-17(24)9-23-10-22-15-7-13(19)14(20)8-16(15)23/h1-4,7-8,10H,5-6,9H2,(H,21,24). The van der Waals surface area contributed by atoms with Crippen molar-refractivity contribution in [2.75, 3.05) is 6.54 Å². The molecule has 124 valence electrons. The predicted molar refractivity (Wildman–Crippen MR) is 87.8 cm³/mol. The van der Waals surface area contributed by atoms with Gasteiger partial charge in [-0.1, -0.05) is 23.7 Å². The molecule has 0 aliphatic carbocycles. The van der Waals surface area contributed by atoms with E-state index in [4.69, 9.17) is 11.6 Å². The van der Waals surface area contributed by atoms with Gasteiger partial charge in [0, 0.05) is 23.7 Å². The number of nitrogens with zero attached hydrogens (tertiary/aromatic N) is 2. The van der Waals surface area contributed by atoms with Crippen LogP contribution in [0.4, 0.5) is 8.78 Å². The SMILES string of the molecule is O=C(Cn1cnc2cc(F)c(F)cc21)NCCc1ccc(Cl)cc1. The van der Waals surface area contributed by atoms with Crippen LogP contribution in [0.3, 0.4) is 0 Å². The Kier molecular flexibility index (Phi) is 4.76. The molecule has 0 aliphatic rings. The van der Waals surface area contributed by atoms with Gasteiger partial charge in [-0.3, -0.25) is 4.79 Å². The quantitative estimate of drug-likeness (QED) is 0.768. The first kappa shape index (κ1) is 16.4. The molecule has 1 heterocycles. The van der Waals surface area contributed by atoms with Crippen molar-refractivity contribution >= 4 is 28.5 Å². The summed E-state index contributed by atoms with van der Waals surface area (Å²) in [4.78, 5) is 16.0. The van der Waals surface area contributed by atoms with E-state index in [1.165, 1.54) is 10.9 Å². The molecule has 1 amide bonds. The van der Waals surface area contributed by atoms with Crippen LogP contribution in [0.2, 0.25) is 5.02 Å². The van der Waals surface area contributed by atoms with E-state index in [9.17, 15) is 13.6 Å². The van der Waals surface area contributed by atoms with Gasteiger partial charge in [0.2, 0.25) is 5.91 Å². The fourth-order valence-electron chi connectivity index (χ4n) is 2.39. The lowest BCUT2D eigenvalue weighted by Gasteiger charge is -2.07. The Morgan fingerprint density at radius 1 is 1.17 bits per heavy atom. The summed E-state index contributed by atoms with van der Waals surface area (Å²) < 4.78 is 28.0. The molecule has 2 aromatic carbocycles. The average Bonchev–Trinajstić information content (AvgIpc) is 2.92. The van der Waals surface area contributed by atoms with Crippen molar-refractivity contribution < 1.29 is 13.6 Å². The van der Waals surface area contributed by atoms with Crippen molar-refractivity contribution in [2.24, 2.45) is 0 Å². The monoisotopic (exact) mass is 349 g/mol. The molecule has 0 saturated carbocycles. The molecule has 0 aliphatic heterocycles. The van der Waals surface area contributed by atoms with Crippen molar-refractivity contribution in [3.8, 4) is 0 Å². The maximum atomic E-state index is 13.3. The normalized spacial score (nSPS) is 11.0. The average molecular weight is 350 g/mol. The lowest BCUT2D eigenvalue weighted by molar-refractivity contribution is -0.121. The second-order valence-electron chi connectivity index (χ2n) is 5.35. The number of rotatable bonds is 5. The minimum Gasteiger partial charge on any atom is -0.354 e. The third-order valence-electron chi connectivity index (χ3n) is 3.63. The number of amides is 1. The first-order chi connectivity index (χ1) is 11.5. The van der Waals surface area contributed by atoms with Crippen molar-refractivity contribution in [1.29, 1.82) is 0 Å². The van der Waals surface area contributed by atoms with Gasteiger partial charge in [-0.05, 0) is 24.1 Å². The Morgan fingerprint density at radius 2 is 1.88 bits per heavy atom. The summed E-state index contributed by atoms with van der Waals surface area (Å²) in [5.74, 6) is -2.15. The largest absolute Gasteiger partial charge is 0.354 e. The van der Waals surface area contributed by atoms with Gasteiger partial charge in [0.05, 0.1) is 17.4 Å². The highest BCUT2D eigenvalue weighted by molar-refractivity contribution is 6.30. The Bertz CT molecular complexity index is 877. The Hall–Kier alpha value is -2.47. The van der Waals surface area contributed by atoms with Crippen LogP contribution in [0, 0.1) is 11.6 Å². The second-order valence-corrected chi connectivity index (χ2v) is 5.79. The molecule has 7 heteroatoms. The van der Waals surface area contributed by atoms with Crippen molar-refractivity contribution in [2.45, 2.75) is 13.0 Å². The molecule has 1 N–H and O–H groups in total. The fraction of sp³-hybridized carbons (Fsp3) is 0.176. The van der Waals surface area contributed by atoms with E-state index < -0.39 is 11.6 Å². The van der Waals surface area contributed by atoms with Crippen molar-refractivity contribution in [1.82, 2.24) is 14.9 Å². The van der Waals surface area contributed by atoms with Gasteiger partial charge in [0.15, 0.2) is 11.6 Å².